The van der Waals surface area contributed by atoms with Gasteiger partial charge in [0.05, 0.1) is 5.41 Å². The van der Waals surface area contributed by atoms with Crippen LogP contribution in [0.4, 0.5) is 5.13 Å². The highest BCUT2D eigenvalue weighted by molar-refractivity contribution is 7.16. The SMILES string of the molecule is CC(C)C1(C)CC(=O)N(c2ncc(C=CC(=O)O)s2)C1=O. The van der Waals surface area contributed by atoms with Crippen molar-refractivity contribution in [2.45, 2.75) is 27.2 Å². The van der Waals surface area contributed by atoms with Crippen molar-refractivity contribution < 1.29 is 19.5 Å². The second-order valence-electron chi connectivity index (χ2n) is 5.50. The predicted octanol–water partition coefficient (Wildman–Crippen LogP) is 2.17. The van der Waals surface area contributed by atoms with Gasteiger partial charge in [-0.05, 0) is 18.9 Å². The Balaban J connectivity index is 2.29. The first-order chi connectivity index (χ1) is 9.75. The van der Waals surface area contributed by atoms with Gasteiger partial charge in [0.25, 0.3) is 0 Å². The highest BCUT2D eigenvalue weighted by Crippen LogP contribution is 2.42. The van der Waals surface area contributed by atoms with Crippen molar-refractivity contribution >= 4 is 40.3 Å². The molecule has 1 atom stereocenters. The zero-order chi connectivity index (χ0) is 15.8. The summed E-state index contributed by atoms with van der Waals surface area (Å²) in [4.78, 5) is 40.9. The quantitative estimate of drug-likeness (QED) is 0.680. The maximum absolute atomic E-state index is 12.5. The van der Waals surface area contributed by atoms with Gasteiger partial charge in [0, 0.05) is 23.6 Å². The summed E-state index contributed by atoms with van der Waals surface area (Å²) in [5, 5.41) is 8.88. The third-order valence-electron chi connectivity index (χ3n) is 3.83. The number of imide groups is 1. The van der Waals surface area contributed by atoms with Gasteiger partial charge in [-0.1, -0.05) is 25.2 Å². The number of hydrogen-bond acceptors (Lipinski definition) is 5. The molecule has 7 heteroatoms. The number of nitrogens with zero attached hydrogens (tertiary/aromatic N) is 2. The average Bonchev–Trinajstić information content (AvgIpc) is 2.92. The van der Waals surface area contributed by atoms with Crippen LogP contribution in [-0.2, 0) is 14.4 Å². The molecule has 0 radical (unpaired) electrons. The lowest BCUT2D eigenvalue weighted by Crippen LogP contribution is -2.36. The molecule has 0 aliphatic carbocycles. The van der Waals surface area contributed by atoms with Crippen LogP contribution in [0.1, 0.15) is 32.1 Å². The first-order valence-electron chi connectivity index (χ1n) is 6.50. The van der Waals surface area contributed by atoms with Crippen LogP contribution in [0.3, 0.4) is 0 Å². The number of amides is 2. The number of carbonyl (C=O) groups excluding carboxylic acids is 2. The molecule has 1 aromatic heterocycles. The molecule has 2 rings (SSSR count). The van der Waals surface area contributed by atoms with Crippen LogP contribution in [0.25, 0.3) is 6.08 Å². The molecule has 0 saturated carbocycles. The van der Waals surface area contributed by atoms with E-state index in [-0.39, 0.29) is 24.2 Å². The van der Waals surface area contributed by atoms with Gasteiger partial charge in [0.1, 0.15) is 0 Å². The van der Waals surface area contributed by atoms with Gasteiger partial charge in [-0.25, -0.2) is 14.7 Å². The van der Waals surface area contributed by atoms with Gasteiger partial charge < -0.3 is 5.11 Å². The minimum Gasteiger partial charge on any atom is -0.478 e. The fourth-order valence-electron chi connectivity index (χ4n) is 2.09. The molecule has 1 saturated heterocycles. The Bertz CT molecular complexity index is 635. The Kier molecular flexibility index (Phi) is 3.95. The number of anilines is 1. The number of carboxylic acid groups (broad SMARTS) is 1. The molecule has 0 spiro atoms. The normalized spacial score (nSPS) is 22.8. The zero-order valence-electron chi connectivity index (χ0n) is 12.0. The molecule has 1 unspecified atom stereocenters. The number of carbonyl (C=O) groups is 3. The standard InChI is InChI=1S/C14H16N2O4S/c1-8(2)14(3)6-10(17)16(12(14)20)13-15-7-9(21-13)4-5-11(18)19/h4-5,7-8H,6H2,1-3H3,(H,18,19). The molecule has 1 aliphatic heterocycles. The molecule has 21 heavy (non-hydrogen) atoms. The predicted molar refractivity (Wildman–Crippen MR) is 78.8 cm³/mol. The van der Waals surface area contributed by atoms with Crippen LogP contribution in [0.15, 0.2) is 12.3 Å². The first-order valence-corrected chi connectivity index (χ1v) is 7.31. The second kappa shape index (κ2) is 5.40. The van der Waals surface area contributed by atoms with Crippen molar-refractivity contribution in [1.82, 2.24) is 4.98 Å². The van der Waals surface area contributed by atoms with Crippen molar-refractivity contribution in [2.75, 3.05) is 4.90 Å². The molecule has 0 aromatic carbocycles. The number of carboxylic acids is 1. The van der Waals surface area contributed by atoms with Gasteiger partial charge in [-0.2, -0.15) is 0 Å². The minimum atomic E-state index is -1.06. The summed E-state index contributed by atoms with van der Waals surface area (Å²) in [6.07, 6.45) is 3.99. The molecule has 1 aromatic rings. The summed E-state index contributed by atoms with van der Waals surface area (Å²) in [5.41, 5.74) is -0.709. The monoisotopic (exact) mass is 308 g/mol. The van der Waals surface area contributed by atoms with E-state index in [0.717, 1.165) is 22.3 Å². The van der Waals surface area contributed by atoms with E-state index in [2.05, 4.69) is 4.98 Å². The van der Waals surface area contributed by atoms with Crippen molar-refractivity contribution in [3.8, 4) is 0 Å². The van der Waals surface area contributed by atoms with Gasteiger partial charge in [0.15, 0.2) is 5.13 Å². The number of aromatic nitrogens is 1. The topological polar surface area (TPSA) is 87.6 Å². The third-order valence-corrected chi connectivity index (χ3v) is 4.77. The van der Waals surface area contributed by atoms with E-state index < -0.39 is 11.4 Å². The Labute approximate surface area is 126 Å². The van der Waals surface area contributed by atoms with Crippen LogP contribution in [0.5, 0.6) is 0 Å². The summed E-state index contributed by atoms with van der Waals surface area (Å²) in [5.74, 6) is -1.53. The maximum Gasteiger partial charge on any atom is 0.328 e. The van der Waals surface area contributed by atoms with Crippen molar-refractivity contribution in [3.05, 3.63) is 17.2 Å². The highest BCUT2D eigenvalue weighted by Gasteiger charge is 2.51. The average molecular weight is 308 g/mol. The molecule has 6 nitrogen and oxygen atoms in total. The molecule has 1 N–H and O–H groups in total. The van der Waals surface area contributed by atoms with E-state index >= 15 is 0 Å². The van der Waals surface area contributed by atoms with Crippen LogP contribution < -0.4 is 4.90 Å². The van der Waals surface area contributed by atoms with Crippen LogP contribution in [0.2, 0.25) is 0 Å². The first kappa shape index (κ1) is 15.4. The smallest absolute Gasteiger partial charge is 0.328 e. The molecule has 0 bridgehead atoms. The second-order valence-corrected chi connectivity index (χ2v) is 6.54. The highest BCUT2D eigenvalue weighted by atomic mass is 32.1. The lowest BCUT2D eigenvalue weighted by Gasteiger charge is -2.25. The molecule has 1 fully saturated rings. The van der Waals surface area contributed by atoms with Crippen LogP contribution in [-0.4, -0.2) is 27.9 Å². The lowest BCUT2D eigenvalue weighted by molar-refractivity contribution is -0.131. The van der Waals surface area contributed by atoms with Crippen molar-refractivity contribution in [1.29, 1.82) is 0 Å². The van der Waals surface area contributed by atoms with Crippen molar-refractivity contribution in [3.63, 3.8) is 0 Å². The molecule has 1 aliphatic rings. The molecule has 112 valence electrons. The summed E-state index contributed by atoms with van der Waals surface area (Å²) in [6.45, 7) is 5.62. The summed E-state index contributed by atoms with van der Waals surface area (Å²) in [7, 11) is 0. The molecular formula is C14H16N2O4S. The lowest BCUT2D eigenvalue weighted by atomic mass is 9.78. The number of rotatable bonds is 4. The van der Waals surface area contributed by atoms with E-state index in [4.69, 9.17) is 5.11 Å². The summed E-state index contributed by atoms with van der Waals surface area (Å²) < 4.78 is 0. The minimum absolute atomic E-state index is 0.0466. The number of hydrogen-bond donors (Lipinski definition) is 1. The largest absolute Gasteiger partial charge is 0.478 e. The Morgan fingerprint density at radius 1 is 1.52 bits per heavy atom. The summed E-state index contributed by atoms with van der Waals surface area (Å²) >= 11 is 1.12. The molecule has 2 amide bonds. The van der Waals surface area contributed by atoms with Gasteiger partial charge >= 0.3 is 5.97 Å². The van der Waals surface area contributed by atoms with E-state index in [1.807, 2.05) is 13.8 Å². The van der Waals surface area contributed by atoms with E-state index in [0.29, 0.717) is 10.0 Å². The Hall–Kier alpha value is -2.02. The zero-order valence-corrected chi connectivity index (χ0v) is 12.8. The van der Waals surface area contributed by atoms with E-state index in [1.165, 1.54) is 12.3 Å². The Morgan fingerprint density at radius 2 is 2.19 bits per heavy atom. The fraction of sp³-hybridized carbons (Fsp3) is 0.429. The van der Waals surface area contributed by atoms with Gasteiger partial charge in [-0.15, -0.1) is 0 Å². The molecular weight excluding hydrogens is 292 g/mol. The van der Waals surface area contributed by atoms with Crippen molar-refractivity contribution in [2.24, 2.45) is 11.3 Å². The number of aliphatic carboxylic acids is 1. The maximum atomic E-state index is 12.5. The number of thiazole rings is 1. The summed E-state index contributed by atoms with van der Waals surface area (Å²) in [6, 6.07) is 0. The van der Waals surface area contributed by atoms with E-state index in [1.54, 1.807) is 6.92 Å². The van der Waals surface area contributed by atoms with Gasteiger partial charge in [0.2, 0.25) is 11.8 Å². The van der Waals surface area contributed by atoms with Gasteiger partial charge in [-0.3, -0.25) is 9.59 Å². The van der Waals surface area contributed by atoms with E-state index in [9.17, 15) is 14.4 Å². The molecule has 2 heterocycles. The fourth-order valence-corrected chi connectivity index (χ4v) is 2.93. The third kappa shape index (κ3) is 2.73. The van der Waals surface area contributed by atoms with Crippen LogP contribution >= 0.6 is 11.3 Å². The Morgan fingerprint density at radius 3 is 2.71 bits per heavy atom. The van der Waals surface area contributed by atoms with Crippen LogP contribution in [0, 0.1) is 11.3 Å².